The van der Waals surface area contributed by atoms with E-state index in [1.807, 2.05) is 0 Å². The van der Waals surface area contributed by atoms with E-state index in [9.17, 15) is 14.4 Å². The van der Waals surface area contributed by atoms with Crippen molar-refractivity contribution in [3.05, 3.63) is 28.2 Å². The highest BCUT2D eigenvalue weighted by atomic mass is 16.4. The van der Waals surface area contributed by atoms with Gasteiger partial charge in [0, 0.05) is 19.0 Å². The van der Waals surface area contributed by atoms with Crippen LogP contribution < -0.4 is 10.9 Å². The van der Waals surface area contributed by atoms with Crippen LogP contribution in [-0.2, 0) is 11.3 Å². The van der Waals surface area contributed by atoms with Gasteiger partial charge in [-0.2, -0.15) is 5.10 Å². The van der Waals surface area contributed by atoms with Crippen molar-refractivity contribution >= 4 is 11.9 Å². The lowest BCUT2D eigenvalue weighted by Crippen LogP contribution is -2.29. The van der Waals surface area contributed by atoms with E-state index in [1.54, 1.807) is 6.92 Å². The standard InChI is InChI=1S/C10H13N3O4/c1-2-11-8(14)5-6-13-9(15)4-3-7(12-13)10(16)17/h3-4H,2,5-6H2,1H3,(H,11,14)(H,16,17). The zero-order valence-corrected chi connectivity index (χ0v) is 9.34. The first-order chi connectivity index (χ1) is 8.04. The Balaban J connectivity index is 2.76. The largest absolute Gasteiger partial charge is 0.476 e. The fourth-order valence-electron chi connectivity index (χ4n) is 1.22. The van der Waals surface area contributed by atoms with E-state index < -0.39 is 11.5 Å². The maximum Gasteiger partial charge on any atom is 0.356 e. The molecule has 0 aromatic carbocycles. The van der Waals surface area contributed by atoms with Gasteiger partial charge in [0.2, 0.25) is 5.91 Å². The minimum Gasteiger partial charge on any atom is -0.476 e. The number of hydrogen-bond donors (Lipinski definition) is 2. The molecular formula is C10H13N3O4. The Bertz CT molecular complexity index is 481. The molecule has 1 aromatic heterocycles. The van der Waals surface area contributed by atoms with Crippen LogP contribution in [0.1, 0.15) is 23.8 Å². The minimum atomic E-state index is -1.21. The number of rotatable bonds is 5. The minimum absolute atomic E-state index is 0.0613. The normalized spacial score (nSPS) is 9.94. The molecule has 0 aliphatic rings. The molecule has 0 bridgehead atoms. The summed E-state index contributed by atoms with van der Waals surface area (Å²) in [6, 6.07) is 2.25. The number of nitrogens with one attached hydrogen (secondary N) is 1. The van der Waals surface area contributed by atoms with Gasteiger partial charge in [0.1, 0.15) is 0 Å². The second-order valence-corrected chi connectivity index (χ2v) is 3.29. The van der Waals surface area contributed by atoms with E-state index in [0.29, 0.717) is 6.54 Å². The molecule has 2 N–H and O–H groups in total. The Kier molecular flexibility index (Phi) is 4.38. The van der Waals surface area contributed by atoms with Gasteiger partial charge in [0.05, 0.1) is 6.54 Å². The summed E-state index contributed by atoms with van der Waals surface area (Å²) < 4.78 is 0.971. The second kappa shape index (κ2) is 5.78. The predicted molar refractivity (Wildman–Crippen MR) is 58.8 cm³/mol. The van der Waals surface area contributed by atoms with Crippen molar-refractivity contribution in [2.75, 3.05) is 6.54 Å². The van der Waals surface area contributed by atoms with E-state index in [2.05, 4.69) is 10.4 Å². The molecule has 0 saturated heterocycles. The predicted octanol–water partition coefficient (Wildman–Crippen LogP) is -0.532. The van der Waals surface area contributed by atoms with Crippen LogP contribution in [0.3, 0.4) is 0 Å². The quantitative estimate of drug-likeness (QED) is 0.719. The lowest BCUT2D eigenvalue weighted by molar-refractivity contribution is -0.121. The highest BCUT2D eigenvalue weighted by Gasteiger charge is 2.08. The van der Waals surface area contributed by atoms with Gasteiger partial charge in [-0.05, 0) is 13.0 Å². The number of hydrogen-bond acceptors (Lipinski definition) is 4. The molecule has 0 unspecified atom stereocenters. The first-order valence-corrected chi connectivity index (χ1v) is 5.12. The monoisotopic (exact) mass is 239 g/mol. The van der Waals surface area contributed by atoms with Gasteiger partial charge in [-0.15, -0.1) is 0 Å². The van der Waals surface area contributed by atoms with Crippen molar-refractivity contribution in [2.45, 2.75) is 19.9 Å². The topological polar surface area (TPSA) is 101 Å². The van der Waals surface area contributed by atoms with Crippen LogP contribution in [0.25, 0.3) is 0 Å². The van der Waals surface area contributed by atoms with Crippen molar-refractivity contribution < 1.29 is 14.7 Å². The molecule has 0 spiro atoms. The number of aryl methyl sites for hydroxylation is 1. The summed E-state index contributed by atoms with van der Waals surface area (Å²) >= 11 is 0. The van der Waals surface area contributed by atoms with Gasteiger partial charge in [-0.25, -0.2) is 9.48 Å². The molecule has 0 fully saturated rings. The molecule has 1 rings (SSSR count). The Labute approximate surface area is 97.1 Å². The van der Waals surface area contributed by atoms with Gasteiger partial charge in [0.25, 0.3) is 5.56 Å². The van der Waals surface area contributed by atoms with Crippen LogP contribution in [0.5, 0.6) is 0 Å². The Morgan fingerprint density at radius 1 is 1.47 bits per heavy atom. The molecule has 0 atom stereocenters. The van der Waals surface area contributed by atoms with Crippen LogP contribution in [0.15, 0.2) is 16.9 Å². The number of amides is 1. The molecule has 0 saturated carbocycles. The maximum atomic E-state index is 11.3. The van der Waals surface area contributed by atoms with Crippen LogP contribution in [0, 0.1) is 0 Å². The number of carboxylic acids is 1. The van der Waals surface area contributed by atoms with Gasteiger partial charge in [-0.1, -0.05) is 0 Å². The first kappa shape index (κ1) is 12.9. The summed E-state index contributed by atoms with van der Waals surface area (Å²) in [7, 11) is 0. The number of carboxylic acid groups (broad SMARTS) is 1. The summed E-state index contributed by atoms with van der Waals surface area (Å²) in [6.45, 7) is 2.36. The van der Waals surface area contributed by atoms with Crippen LogP contribution in [0.4, 0.5) is 0 Å². The fraction of sp³-hybridized carbons (Fsp3) is 0.400. The SMILES string of the molecule is CCNC(=O)CCn1nc(C(=O)O)ccc1=O. The summed E-state index contributed by atoms with van der Waals surface area (Å²) in [5.74, 6) is -1.42. The molecular weight excluding hydrogens is 226 g/mol. The summed E-state index contributed by atoms with van der Waals surface area (Å²) in [4.78, 5) is 33.2. The van der Waals surface area contributed by atoms with Crippen LogP contribution in [-0.4, -0.2) is 33.3 Å². The summed E-state index contributed by atoms with van der Waals surface area (Å²) in [6.07, 6.45) is 0.0871. The maximum absolute atomic E-state index is 11.3. The summed E-state index contributed by atoms with van der Waals surface area (Å²) in [5, 5.41) is 14.9. The average molecular weight is 239 g/mol. The molecule has 92 valence electrons. The Hall–Kier alpha value is -2.18. The molecule has 0 aliphatic carbocycles. The number of aromatic carboxylic acids is 1. The highest BCUT2D eigenvalue weighted by molar-refractivity contribution is 5.84. The lowest BCUT2D eigenvalue weighted by Gasteiger charge is -2.05. The molecule has 0 aliphatic heterocycles. The van der Waals surface area contributed by atoms with Gasteiger partial charge < -0.3 is 10.4 Å². The summed E-state index contributed by atoms with van der Waals surface area (Å²) in [5.41, 5.74) is -0.653. The van der Waals surface area contributed by atoms with Crippen molar-refractivity contribution in [3.63, 3.8) is 0 Å². The molecule has 1 amide bonds. The number of nitrogens with zero attached hydrogens (tertiary/aromatic N) is 2. The van der Waals surface area contributed by atoms with Gasteiger partial charge >= 0.3 is 5.97 Å². The zero-order valence-electron chi connectivity index (χ0n) is 9.34. The van der Waals surface area contributed by atoms with Crippen LogP contribution >= 0.6 is 0 Å². The lowest BCUT2D eigenvalue weighted by atomic mass is 10.3. The first-order valence-electron chi connectivity index (χ1n) is 5.12. The van der Waals surface area contributed by atoms with Gasteiger partial charge in [-0.3, -0.25) is 9.59 Å². The number of carbonyl (C=O) groups excluding carboxylic acids is 1. The van der Waals surface area contributed by atoms with Crippen molar-refractivity contribution in [3.8, 4) is 0 Å². The van der Waals surface area contributed by atoms with E-state index in [1.165, 1.54) is 0 Å². The zero-order chi connectivity index (χ0) is 12.8. The second-order valence-electron chi connectivity index (χ2n) is 3.29. The van der Waals surface area contributed by atoms with Crippen molar-refractivity contribution in [2.24, 2.45) is 0 Å². The van der Waals surface area contributed by atoms with Crippen molar-refractivity contribution in [1.82, 2.24) is 15.1 Å². The highest BCUT2D eigenvalue weighted by Crippen LogP contribution is 1.91. The molecule has 1 aromatic rings. The third-order valence-electron chi connectivity index (χ3n) is 2.01. The van der Waals surface area contributed by atoms with Crippen LogP contribution in [0.2, 0.25) is 0 Å². The third kappa shape index (κ3) is 3.71. The number of carbonyl (C=O) groups is 2. The third-order valence-corrected chi connectivity index (χ3v) is 2.01. The molecule has 0 radical (unpaired) electrons. The molecule has 1 heterocycles. The van der Waals surface area contributed by atoms with E-state index in [-0.39, 0.29) is 24.6 Å². The smallest absolute Gasteiger partial charge is 0.356 e. The Morgan fingerprint density at radius 3 is 2.76 bits per heavy atom. The van der Waals surface area contributed by atoms with E-state index in [0.717, 1.165) is 16.8 Å². The van der Waals surface area contributed by atoms with E-state index in [4.69, 9.17) is 5.11 Å². The molecule has 17 heavy (non-hydrogen) atoms. The fourth-order valence-corrected chi connectivity index (χ4v) is 1.22. The Morgan fingerprint density at radius 2 is 2.18 bits per heavy atom. The van der Waals surface area contributed by atoms with E-state index >= 15 is 0 Å². The average Bonchev–Trinajstić information content (AvgIpc) is 2.28. The molecule has 7 heteroatoms. The molecule has 7 nitrogen and oxygen atoms in total. The number of aromatic nitrogens is 2. The van der Waals surface area contributed by atoms with Crippen molar-refractivity contribution in [1.29, 1.82) is 0 Å². The van der Waals surface area contributed by atoms with Gasteiger partial charge in [0.15, 0.2) is 5.69 Å².